The molecule has 5 nitrogen and oxygen atoms in total. The molecule has 1 unspecified atom stereocenters. The summed E-state index contributed by atoms with van der Waals surface area (Å²) in [5.41, 5.74) is 0.430. The van der Waals surface area contributed by atoms with Crippen LogP contribution < -0.4 is 4.72 Å². The maximum Gasteiger partial charge on any atom is 0.249 e. The lowest BCUT2D eigenvalue weighted by Crippen LogP contribution is -2.26. The molecule has 0 bridgehead atoms. The molecular weight excluding hydrogens is 276 g/mol. The largest absolute Gasteiger partial charge is 0.505 e. The number of nitrogens with zero attached hydrogens (tertiary/aromatic N) is 1. The van der Waals surface area contributed by atoms with Gasteiger partial charge in [0, 0.05) is 5.02 Å². The minimum Gasteiger partial charge on any atom is -0.505 e. The monoisotopic (exact) mass is 288 g/mol. The number of halogens is 1. The standard InChI is InChI=1S/C11H13ClN2O3S/c1-3-9(6-13)18(16,17)14-10-5-8(12)4-7(2)11(10)15/h4-5,9,14-15H,3H2,1-2H3. The molecule has 7 heteroatoms. The van der Waals surface area contributed by atoms with Crippen molar-refractivity contribution in [1.29, 1.82) is 5.26 Å². The average molecular weight is 289 g/mol. The number of aromatic hydroxyl groups is 1. The number of benzene rings is 1. The highest BCUT2D eigenvalue weighted by molar-refractivity contribution is 7.93. The molecule has 1 atom stereocenters. The van der Waals surface area contributed by atoms with Crippen LogP contribution in [0.25, 0.3) is 0 Å². The van der Waals surface area contributed by atoms with Gasteiger partial charge in [0.1, 0.15) is 5.75 Å². The summed E-state index contributed by atoms with van der Waals surface area (Å²) < 4.78 is 25.9. The quantitative estimate of drug-likeness (QED) is 0.832. The Bertz CT molecular complexity index is 593. The predicted octanol–water partition coefficient (Wildman–Crippen LogP) is 2.40. The summed E-state index contributed by atoms with van der Waals surface area (Å²) in [4.78, 5) is 0. The van der Waals surface area contributed by atoms with Gasteiger partial charge in [-0.2, -0.15) is 5.26 Å². The van der Waals surface area contributed by atoms with Gasteiger partial charge in [0.15, 0.2) is 5.25 Å². The van der Waals surface area contributed by atoms with Gasteiger partial charge in [-0.25, -0.2) is 8.42 Å². The molecule has 1 aromatic rings. The number of hydrogen-bond acceptors (Lipinski definition) is 4. The first-order chi connectivity index (χ1) is 8.31. The highest BCUT2D eigenvalue weighted by Gasteiger charge is 2.24. The van der Waals surface area contributed by atoms with Crippen LogP contribution in [0.15, 0.2) is 12.1 Å². The van der Waals surface area contributed by atoms with Crippen LogP contribution in [0.5, 0.6) is 5.75 Å². The molecule has 2 N–H and O–H groups in total. The third kappa shape index (κ3) is 3.06. The third-order valence-electron chi connectivity index (χ3n) is 2.41. The number of rotatable bonds is 4. The summed E-state index contributed by atoms with van der Waals surface area (Å²) in [5.74, 6) is -0.198. The topological polar surface area (TPSA) is 90.2 Å². The van der Waals surface area contributed by atoms with E-state index in [1.54, 1.807) is 19.9 Å². The minimum atomic E-state index is -3.86. The molecule has 18 heavy (non-hydrogen) atoms. The number of nitriles is 1. The van der Waals surface area contributed by atoms with E-state index in [-0.39, 0.29) is 17.9 Å². The molecule has 0 aliphatic carbocycles. The normalized spacial score (nSPS) is 12.8. The summed E-state index contributed by atoms with van der Waals surface area (Å²) >= 11 is 5.79. The van der Waals surface area contributed by atoms with Crippen molar-refractivity contribution >= 4 is 27.3 Å². The van der Waals surface area contributed by atoms with Crippen LogP contribution in [0.2, 0.25) is 5.02 Å². The van der Waals surface area contributed by atoms with Crippen molar-refractivity contribution in [2.75, 3.05) is 4.72 Å². The van der Waals surface area contributed by atoms with E-state index in [9.17, 15) is 13.5 Å². The van der Waals surface area contributed by atoms with Crippen molar-refractivity contribution in [2.24, 2.45) is 0 Å². The van der Waals surface area contributed by atoms with Crippen molar-refractivity contribution in [1.82, 2.24) is 0 Å². The molecule has 0 aliphatic heterocycles. The zero-order chi connectivity index (χ0) is 13.9. The predicted molar refractivity (Wildman–Crippen MR) is 70.1 cm³/mol. The smallest absolute Gasteiger partial charge is 0.249 e. The van der Waals surface area contributed by atoms with Gasteiger partial charge < -0.3 is 5.11 Å². The highest BCUT2D eigenvalue weighted by Crippen LogP contribution is 2.32. The van der Waals surface area contributed by atoms with E-state index in [0.717, 1.165) is 0 Å². The highest BCUT2D eigenvalue weighted by atomic mass is 35.5. The van der Waals surface area contributed by atoms with Crippen molar-refractivity contribution in [3.63, 3.8) is 0 Å². The number of phenols is 1. The molecule has 0 spiro atoms. The lowest BCUT2D eigenvalue weighted by Gasteiger charge is -2.13. The van der Waals surface area contributed by atoms with E-state index in [1.165, 1.54) is 12.1 Å². The molecule has 0 heterocycles. The molecule has 1 rings (SSSR count). The molecular formula is C11H13ClN2O3S. The molecule has 0 amide bonds. The SMILES string of the molecule is CCC(C#N)S(=O)(=O)Nc1cc(Cl)cc(C)c1O. The first kappa shape index (κ1) is 14.6. The van der Waals surface area contributed by atoms with Gasteiger partial charge in [0.25, 0.3) is 0 Å². The van der Waals surface area contributed by atoms with Crippen molar-refractivity contribution < 1.29 is 13.5 Å². The van der Waals surface area contributed by atoms with E-state index in [0.29, 0.717) is 10.6 Å². The first-order valence-corrected chi connectivity index (χ1v) is 7.14. The minimum absolute atomic E-state index is 0.0197. The summed E-state index contributed by atoms with van der Waals surface area (Å²) in [7, 11) is -3.86. The van der Waals surface area contributed by atoms with Crippen LogP contribution in [0, 0.1) is 18.3 Å². The maximum absolute atomic E-state index is 11.8. The Morgan fingerprint density at radius 1 is 1.56 bits per heavy atom. The second-order valence-electron chi connectivity index (χ2n) is 3.79. The first-order valence-electron chi connectivity index (χ1n) is 5.22. The Hall–Kier alpha value is -1.45. The Labute approximate surface area is 111 Å². The van der Waals surface area contributed by atoms with Gasteiger partial charge in [-0.3, -0.25) is 4.72 Å². The van der Waals surface area contributed by atoms with E-state index in [4.69, 9.17) is 16.9 Å². The van der Waals surface area contributed by atoms with Crippen LogP contribution in [0.1, 0.15) is 18.9 Å². The van der Waals surface area contributed by atoms with E-state index in [1.807, 2.05) is 0 Å². The maximum atomic E-state index is 11.8. The lowest BCUT2D eigenvalue weighted by molar-refractivity contribution is 0.473. The lowest BCUT2D eigenvalue weighted by atomic mass is 10.2. The van der Waals surface area contributed by atoms with Gasteiger partial charge in [0.05, 0.1) is 11.8 Å². The van der Waals surface area contributed by atoms with Gasteiger partial charge in [-0.05, 0) is 31.0 Å². The number of nitrogens with one attached hydrogen (secondary N) is 1. The van der Waals surface area contributed by atoms with E-state index < -0.39 is 15.3 Å². The number of aryl methyl sites for hydroxylation is 1. The fourth-order valence-electron chi connectivity index (χ4n) is 1.42. The molecule has 0 aromatic heterocycles. The van der Waals surface area contributed by atoms with E-state index >= 15 is 0 Å². The van der Waals surface area contributed by atoms with Crippen molar-refractivity contribution in [3.8, 4) is 11.8 Å². The molecule has 0 saturated heterocycles. The van der Waals surface area contributed by atoms with Gasteiger partial charge in [-0.15, -0.1) is 0 Å². The Balaban J connectivity index is 3.17. The summed E-state index contributed by atoms with van der Waals surface area (Å²) in [6.07, 6.45) is 0.159. The summed E-state index contributed by atoms with van der Waals surface area (Å²) in [6, 6.07) is 4.50. The fraction of sp³-hybridized carbons (Fsp3) is 0.364. The van der Waals surface area contributed by atoms with Crippen molar-refractivity contribution in [3.05, 3.63) is 22.7 Å². The van der Waals surface area contributed by atoms with E-state index in [2.05, 4.69) is 4.72 Å². The van der Waals surface area contributed by atoms with Gasteiger partial charge >= 0.3 is 0 Å². The van der Waals surface area contributed by atoms with Gasteiger partial charge in [-0.1, -0.05) is 18.5 Å². The van der Waals surface area contributed by atoms with Crippen LogP contribution in [0.4, 0.5) is 5.69 Å². The van der Waals surface area contributed by atoms with Crippen LogP contribution in [-0.2, 0) is 10.0 Å². The Kier molecular flexibility index (Phi) is 4.43. The second kappa shape index (κ2) is 5.46. The van der Waals surface area contributed by atoms with Crippen molar-refractivity contribution in [2.45, 2.75) is 25.5 Å². The number of phenolic OH excluding ortho intramolecular Hbond substituents is 1. The molecule has 0 radical (unpaired) electrons. The van der Waals surface area contributed by atoms with Gasteiger partial charge in [0.2, 0.25) is 10.0 Å². The summed E-state index contributed by atoms with van der Waals surface area (Å²) in [5, 5.41) is 17.6. The average Bonchev–Trinajstić information content (AvgIpc) is 2.26. The molecule has 1 aromatic carbocycles. The zero-order valence-electron chi connectivity index (χ0n) is 9.94. The number of anilines is 1. The zero-order valence-corrected chi connectivity index (χ0v) is 11.5. The second-order valence-corrected chi connectivity index (χ2v) is 6.09. The number of hydrogen-bond donors (Lipinski definition) is 2. The summed E-state index contributed by atoms with van der Waals surface area (Å²) in [6.45, 7) is 3.19. The molecule has 0 fully saturated rings. The van der Waals surface area contributed by atoms with Crippen LogP contribution in [-0.4, -0.2) is 18.8 Å². The molecule has 0 aliphatic rings. The van der Waals surface area contributed by atoms with Crippen LogP contribution >= 0.6 is 11.6 Å². The Morgan fingerprint density at radius 2 is 2.17 bits per heavy atom. The molecule has 98 valence electrons. The molecule has 0 saturated carbocycles. The van der Waals surface area contributed by atoms with Crippen LogP contribution in [0.3, 0.4) is 0 Å². The Morgan fingerprint density at radius 3 is 2.67 bits per heavy atom. The fourth-order valence-corrected chi connectivity index (χ4v) is 2.87. The third-order valence-corrected chi connectivity index (χ3v) is 4.32. The number of sulfonamides is 1.